The van der Waals surface area contributed by atoms with E-state index < -0.39 is 0 Å². The molecule has 0 aliphatic heterocycles. The molecule has 0 atom stereocenters. The van der Waals surface area contributed by atoms with Gasteiger partial charge in [-0.1, -0.05) is 12.1 Å². The van der Waals surface area contributed by atoms with Crippen molar-refractivity contribution >= 4 is 28.4 Å². The van der Waals surface area contributed by atoms with Crippen LogP contribution in [-0.4, -0.2) is 9.91 Å². The van der Waals surface area contributed by atoms with Gasteiger partial charge in [0.25, 0.3) is 5.69 Å². The Kier molecular flexibility index (Phi) is 3.33. The van der Waals surface area contributed by atoms with Crippen molar-refractivity contribution in [2.45, 2.75) is 6.92 Å². The van der Waals surface area contributed by atoms with E-state index >= 15 is 0 Å². The number of thiophene rings is 1. The molecule has 3 rings (SSSR count). The number of nitro benzene ring substituents is 1. The predicted octanol–water partition coefficient (Wildman–Crippen LogP) is 4.76. The van der Waals surface area contributed by atoms with Gasteiger partial charge in [-0.3, -0.25) is 10.1 Å². The summed E-state index contributed by atoms with van der Waals surface area (Å²) in [4.78, 5) is 17.3. The SMILES string of the molecule is Cc1ccc(-c2csc(-c3cccc([N+](=O)[O-])c3)n2)s1. The summed E-state index contributed by atoms with van der Waals surface area (Å²) in [5, 5.41) is 13.6. The van der Waals surface area contributed by atoms with Gasteiger partial charge in [0.15, 0.2) is 0 Å². The lowest BCUT2D eigenvalue weighted by molar-refractivity contribution is -0.384. The minimum atomic E-state index is -0.388. The second-order valence-corrected chi connectivity index (χ2v) is 6.40. The number of benzene rings is 1. The number of rotatable bonds is 3. The summed E-state index contributed by atoms with van der Waals surface area (Å²) in [7, 11) is 0. The van der Waals surface area contributed by atoms with Crippen LogP contribution in [0.2, 0.25) is 0 Å². The Morgan fingerprint density at radius 2 is 2.10 bits per heavy atom. The Balaban J connectivity index is 1.98. The number of nitrogens with zero attached hydrogens (tertiary/aromatic N) is 2. The maximum Gasteiger partial charge on any atom is 0.270 e. The second kappa shape index (κ2) is 5.15. The Morgan fingerprint density at radius 1 is 1.25 bits per heavy atom. The summed E-state index contributed by atoms with van der Waals surface area (Å²) in [5.41, 5.74) is 1.80. The number of aryl methyl sites for hydroxylation is 1. The van der Waals surface area contributed by atoms with E-state index in [1.54, 1.807) is 23.5 Å². The molecule has 0 aliphatic rings. The van der Waals surface area contributed by atoms with E-state index in [0.29, 0.717) is 0 Å². The molecule has 100 valence electrons. The third kappa shape index (κ3) is 2.48. The smallest absolute Gasteiger partial charge is 0.258 e. The number of hydrogen-bond donors (Lipinski definition) is 0. The molecule has 0 saturated carbocycles. The largest absolute Gasteiger partial charge is 0.270 e. The first kappa shape index (κ1) is 13.0. The van der Waals surface area contributed by atoms with Crippen molar-refractivity contribution in [2.24, 2.45) is 0 Å². The normalized spacial score (nSPS) is 10.7. The number of aromatic nitrogens is 1. The molecule has 0 bridgehead atoms. The van der Waals surface area contributed by atoms with Crippen LogP contribution in [0.4, 0.5) is 5.69 Å². The first-order valence-electron chi connectivity index (χ1n) is 5.90. The quantitative estimate of drug-likeness (QED) is 0.518. The van der Waals surface area contributed by atoms with Crippen LogP contribution < -0.4 is 0 Å². The molecular weight excluding hydrogens is 292 g/mol. The molecule has 6 heteroatoms. The number of hydrogen-bond acceptors (Lipinski definition) is 5. The van der Waals surface area contributed by atoms with Gasteiger partial charge in [0, 0.05) is 28.0 Å². The maximum atomic E-state index is 10.8. The number of non-ortho nitro benzene ring substituents is 1. The topological polar surface area (TPSA) is 56.0 Å². The van der Waals surface area contributed by atoms with E-state index in [4.69, 9.17) is 0 Å². The van der Waals surface area contributed by atoms with Crippen LogP contribution in [0.1, 0.15) is 4.88 Å². The van der Waals surface area contributed by atoms with E-state index in [1.807, 2.05) is 17.5 Å². The molecule has 2 aromatic heterocycles. The highest BCUT2D eigenvalue weighted by Crippen LogP contribution is 2.33. The van der Waals surface area contributed by atoms with Gasteiger partial charge in [0.1, 0.15) is 5.01 Å². The summed E-state index contributed by atoms with van der Waals surface area (Å²) in [6.07, 6.45) is 0. The molecule has 0 radical (unpaired) electrons. The van der Waals surface area contributed by atoms with E-state index in [0.717, 1.165) is 21.1 Å². The molecule has 1 aromatic carbocycles. The molecule has 2 heterocycles. The van der Waals surface area contributed by atoms with Gasteiger partial charge in [0.2, 0.25) is 0 Å². The fourth-order valence-electron chi connectivity index (χ4n) is 1.84. The second-order valence-electron chi connectivity index (χ2n) is 4.26. The lowest BCUT2D eigenvalue weighted by atomic mass is 10.2. The van der Waals surface area contributed by atoms with Crippen molar-refractivity contribution in [3.8, 4) is 21.1 Å². The van der Waals surface area contributed by atoms with Crippen molar-refractivity contribution in [2.75, 3.05) is 0 Å². The zero-order chi connectivity index (χ0) is 14.1. The van der Waals surface area contributed by atoms with Gasteiger partial charge in [-0.25, -0.2) is 4.98 Å². The fraction of sp³-hybridized carbons (Fsp3) is 0.0714. The monoisotopic (exact) mass is 302 g/mol. The summed E-state index contributed by atoms with van der Waals surface area (Å²) < 4.78 is 0. The summed E-state index contributed by atoms with van der Waals surface area (Å²) in [6, 6.07) is 10.7. The van der Waals surface area contributed by atoms with Gasteiger partial charge >= 0.3 is 0 Å². The Labute approximate surface area is 123 Å². The van der Waals surface area contributed by atoms with Crippen molar-refractivity contribution in [3.63, 3.8) is 0 Å². The van der Waals surface area contributed by atoms with Crippen LogP contribution in [0.3, 0.4) is 0 Å². The first-order chi connectivity index (χ1) is 9.63. The zero-order valence-corrected chi connectivity index (χ0v) is 12.2. The first-order valence-corrected chi connectivity index (χ1v) is 7.60. The number of nitro groups is 1. The molecule has 0 unspecified atom stereocenters. The molecule has 0 fully saturated rings. The van der Waals surface area contributed by atoms with E-state index in [2.05, 4.69) is 18.0 Å². The average Bonchev–Trinajstić information content (AvgIpc) is 3.07. The third-order valence-corrected chi connectivity index (χ3v) is 4.72. The zero-order valence-electron chi connectivity index (χ0n) is 10.6. The minimum Gasteiger partial charge on any atom is -0.258 e. The molecule has 0 aliphatic carbocycles. The van der Waals surface area contributed by atoms with E-state index in [1.165, 1.54) is 22.3 Å². The third-order valence-electron chi connectivity index (χ3n) is 2.80. The lowest BCUT2D eigenvalue weighted by Crippen LogP contribution is -1.87. The van der Waals surface area contributed by atoms with Crippen LogP contribution in [0.5, 0.6) is 0 Å². The Hall–Kier alpha value is -2.05. The van der Waals surface area contributed by atoms with Gasteiger partial charge in [0.05, 0.1) is 15.5 Å². The Bertz CT molecular complexity index is 777. The molecule has 4 nitrogen and oxygen atoms in total. The minimum absolute atomic E-state index is 0.0891. The van der Waals surface area contributed by atoms with Crippen LogP contribution in [-0.2, 0) is 0 Å². The van der Waals surface area contributed by atoms with Gasteiger partial charge in [-0.05, 0) is 19.1 Å². The van der Waals surface area contributed by atoms with Crippen LogP contribution in [0, 0.1) is 17.0 Å². The van der Waals surface area contributed by atoms with Crippen LogP contribution in [0.15, 0.2) is 41.8 Å². The Morgan fingerprint density at radius 3 is 2.80 bits per heavy atom. The van der Waals surface area contributed by atoms with Crippen LogP contribution >= 0.6 is 22.7 Å². The fourth-order valence-corrected chi connectivity index (χ4v) is 3.56. The van der Waals surface area contributed by atoms with Crippen molar-refractivity contribution in [1.29, 1.82) is 0 Å². The van der Waals surface area contributed by atoms with Crippen molar-refractivity contribution in [3.05, 3.63) is 56.8 Å². The van der Waals surface area contributed by atoms with Gasteiger partial charge < -0.3 is 0 Å². The molecule has 3 aromatic rings. The highest BCUT2D eigenvalue weighted by Gasteiger charge is 2.11. The lowest BCUT2D eigenvalue weighted by Gasteiger charge is -1.96. The van der Waals surface area contributed by atoms with E-state index in [9.17, 15) is 10.1 Å². The average molecular weight is 302 g/mol. The molecule has 0 amide bonds. The molecular formula is C14H10N2O2S2. The highest BCUT2D eigenvalue weighted by molar-refractivity contribution is 7.16. The number of thiazole rings is 1. The van der Waals surface area contributed by atoms with Crippen molar-refractivity contribution < 1.29 is 4.92 Å². The standard InChI is InChI=1S/C14H10N2O2S2/c1-9-5-6-13(20-9)12-8-19-14(15-12)10-3-2-4-11(7-10)16(17)18/h2-8H,1H3. The van der Waals surface area contributed by atoms with E-state index in [-0.39, 0.29) is 10.6 Å². The maximum absolute atomic E-state index is 10.8. The molecule has 0 N–H and O–H groups in total. The summed E-state index contributed by atoms with van der Waals surface area (Å²) in [6.45, 7) is 2.06. The van der Waals surface area contributed by atoms with Crippen LogP contribution in [0.25, 0.3) is 21.1 Å². The molecule has 20 heavy (non-hydrogen) atoms. The predicted molar refractivity (Wildman–Crippen MR) is 82.3 cm³/mol. The summed E-state index contributed by atoms with van der Waals surface area (Å²) in [5.74, 6) is 0. The summed E-state index contributed by atoms with van der Waals surface area (Å²) >= 11 is 3.19. The molecule has 0 spiro atoms. The van der Waals surface area contributed by atoms with Crippen molar-refractivity contribution in [1.82, 2.24) is 4.98 Å². The highest BCUT2D eigenvalue weighted by atomic mass is 32.1. The van der Waals surface area contributed by atoms with Gasteiger partial charge in [-0.15, -0.1) is 22.7 Å². The van der Waals surface area contributed by atoms with Gasteiger partial charge in [-0.2, -0.15) is 0 Å². The molecule has 0 saturated heterocycles.